The molecule has 1 fully saturated rings. The first-order valence-electron chi connectivity index (χ1n) is 6.86. The lowest BCUT2D eigenvalue weighted by atomic mass is 10.1. The van der Waals surface area contributed by atoms with Crippen molar-refractivity contribution in [3.05, 3.63) is 35.1 Å². The third-order valence-corrected chi connectivity index (χ3v) is 3.77. The van der Waals surface area contributed by atoms with Crippen LogP contribution in [0, 0.1) is 5.82 Å². The molecule has 19 heavy (non-hydrogen) atoms. The first-order chi connectivity index (χ1) is 9.15. The minimum Gasteiger partial charge on any atom is -0.389 e. The predicted molar refractivity (Wildman–Crippen MR) is 78.6 cm³/mol. The van der Waals surface area contributed by atoms with Crippen molar-refractivity contribution >= 4 is 17.2 Å². The Kier molecular flexibility index (Phi) is 5.28. The smallest absolute Gasteiger partial charge is 0.124 e. The van der Waals surface area contributed by atoms with Crippen LogP contribution in [-0.4, -0.2) is 11.1 Å². The highest BCUT2D eigenvalue weighted by atomic mass is 32.1. The molecule has 2 N–H and O–H groups in total. The molecule has 0 heterocycles. The molecular weight excluding hydrogens is 261 g/mol. The third-order valence-electron chi connectivity index (χ3n) is 3.53. The van der Waals surface area contributed by atoms with Crippen molar-refractivity contribution in [3.8, 4) is 0 Å². The van der Waals surface area contributed by atoms with E-state index in [1.165, 1.54) is 37.8 Å². The lowest BCUT2D eigenvalue weighted by Crippen LogP contribution is -2.13. The largest absolute Gasteiger partial charge is 0.389 e. The third kappa shape index (κ3) is 4.55. The van der Waals surface area contributed by atoms with Gasteiger partial charge in [0, 0.05) is 5.56 Å². The van der Waals surface area contributed by atoms with Crippen molar-refractivity contribution in [2.45, 2.75) is 51.2 Å². The Bertz CT molecular complexity index is 442. The molecule has 0 amide bonds. The van der Waals surface area contributed by atoms with Crippen LogP contribution >= 0.6 is 12.2 Å². The Morgan fingerprint density at radius 1 is 1.21 bits per heavy atom. The maximum Gasteiger partial charge on any atom is 0.124 e. The molecule has 2 nitrogen and oxygen atoms in total. The van der Waals surface area contributed by atoms with Gasteiger partial charge < -0.3 is 10.5 Å². The van der Waals surface area contributed by atoms with Gasteiger partial charge in [-0.2, -0.15) is 0 Å². The molecule has 0 saturated heterocycles. The highest BCUT2D eigenvalue weighted by Crippen LogP contribution is 2.21. The maximum absolute atomic E-state index is 13.4. The Balaban J connectivity index is 1.96. The van der Waals surface area contributed by atoms with Gasteiger partial charge in [-0.05, 0) is 36.6 Å². The fourth-order valence-corrected chi connectivity index (χ4v) is 2.62. The summed E-state index contributed by atoms with van der Waals surface area (Å²) >= 11 is 4.88. The Morgan fingerprint density at radius 2 is 1.89 bits per heavy atom. The molecule has 1 aliphatic carbocycles. The SMILES string of the molecule is NC(=S)c1cc(F)cc(COC2CCCCCC2)c1. The molecule has 0 unspecified atom stereocenters. The number of benzene rings is 1. The van der Waals surface area contributed by atoms with E-state index in [9.17, 15) is 4.39 Å². The molecule has 2 rings (SSSR count). The van der Waals surface area contributed by atoms with E-state index in [4.69, 9.17) is 22.7 Å². The normalized spacial score (nSPS) is 17.1. The Labute approximate surface area is 119 Å². The van der Waals surface area contributed by atoms with E-state index in [1.807, 2.05) is 6.07 Å². The molecule has 0 aliphatic heterocycles. The van der Waals surface area contributed by atoms with Crippen LogP contribution in [0.5, 0.6) is 0 Å². The first-order valence-corrected chi connectivity index (χ1v) is 7.27. The lowest BCUT2D eigenvalue weighted by Gasteiger charge is -2.15. The quantitative estimate of drug-likeness (QED) is 0.675. The Hall–Kier alpha value is -1.00. The van der Waals surface area contributed by atoms with Crippen LogP contribution < -0.4 is 5.73 Å². The number of rotatable bonds is 4. The van der Waals surface area contributed by atoms with Gasteiger partial charge in [0.25, 0.3) is 0 Å². The zero-order valence-electron chi connectivity index (χ0n) is 11.0. The fraction of sp³-hybridized carbons (Fsp3) is 0.533. The standard InChI is InChI=1S/C15H20FNOS/c16-13-8-11(7-12(9-13)15(17)19)10-18-14-5-3-1-2-4-6-14/h7-9,14H,1-6,10H2,(H2,17,19). The van der Waals surface area contributed by atoms with Gasteiger partial charge >= 0.3 is 0 Å². The molecule has 0 bridgehead atoms. The summed E-state index contributed by atoms with van der Waals surface area (Å²) < 4.78 is 19.3. The van der Waals surface area contributed by atoms with Crippen LogP contribution in [0.3, 0.4) is 0 Å². The summed E-state index contributed by atoms with van der Waals surface area (Å²) in [6.07, 6.45) is 7.57. The molecule has 1 aromatic rings. The summed E-state index contributed by atoms with van der Waals surface area (Å²) in [5.74, 6) is -0.315. The van der Waals surface area contributed by atoms with Gasteiger partial charge in [0.2, 0.25) is 0 Å². The van der Waals surface area contributed by atoms with Crippen LogP contribution in [0.15, 0.2) is 18.2 Å². The number of ether oxygens (including phenoxy) is 1. The average Bonchev–Trinajstić information content (AvgIpc) is 2.64. The van der Waals surface area contributed by atoms with Crippen LogP contribution in [0.4, 0.5) is 4.39 Å². The van der Waals surface area contributed by atoms with Gasteiger partial charge in [0.05, 0.1) is 12.7 Å². The van der Waals surface area contributed by atoms with Crippen molar-refractivity contribution < 1.29 is 9.13 Å². The maximum atomic E-state index is 13.4. The lowest BCUT2D eigenvalue weighted by molar-refractivity contribution is 0.0308. The van der Waals surface area contributed by atoms with Crippen LogP contribution in [-0.2, 0) is 11.3 Å². The molecule has 0 atom stereocenters. The highest BCUT2D eigenvalue weighted by molar-refractivity contribution is 7.80. The molecule has 1 saturated carbocycles. The number of halogens is 1. The fourth-order valence-electron chi connectivity index (χ4n) is 2.50. The molecule has 4 heteroatoms. The van der Waals surface area contributed by atoms with Gasteiger partial charge in [0.15, 0.2) is 0 Å². The number of hydrogen-bond acceptors (Lipinski definition) is 2. The molecule has 0 radical (unpaired) electrons. The molecular formula is C15H20FNOS. The molecule has 1 aromatic carbocycles. The first kappa shape index (κ1) is 14.4. The minimum absolute atomic E-state index is 0.218. The van der Waals surface area contributed by atoms with Crippen molar-refractivity contribution in [2.24, 2.45) is 5.73 Å². The van der Waals surface area contributed by atoms with Crippen molar-refractivity contribution in [1.29, 1.82) is 0 Å². The summed E-state index contributed by atoms with van der Waals surface area (Å²) in [5, 5.41) is 0. The molecule has 0 spiro atoms. The second kappa shape index (κ2) is 6.96. The summed E-state index contributed by atoms with van der Waals surface area (Å²) in [7, 11) is 0. The number of hydrogen-bond donors (Lipinski definition) is 1. The van der Waals surface area contributed by atoms with E-state index < -0.39 is 0 Å². The van der Waals surface area contributed by atoms with E-state index in [2.05, 4.69) is 0 Å². The second-order valence-corrected chi connectivity index (χ2v) is 5.58. The van der Waals surface area contributed by atoms with E-state index in [0.29, 0.717) is 18.3 Å². The van der Waals surface area contributed by atoms with E-state index >= 15 is 0 Å². The van der Waals surface area contributed by atoms with Crippen LogP contribution in [0.1, 0.15) is 49.7 Å². The second-order valence-electron chi connectivity index (χ2n) is 5.14. The number of thiocarbonyl (C=S) groups is 1. The minimum atomic E-state index is -0.315. The van der Waals surface area contributed by atoms with E-state index in [1.54, 1.807) is 0 Å². The van der Waals surface area contributed by atoms with Crippen molar-refractivity contribution in [1.82, 2.24) is 0 Å². The summed E-state index contributed by atoms with van der Waals surface area (Å²) in [6, 6.07) is 4.65. The zero-order chi connectivity index (χ0) is 13.7. The van der Waals surface area contributed by atoms with Crippen molar-refractivity contribution in [3.63, 3.8) is 0 Å². The van der Waals surface area contributed by atoms with Crippen LogP contribution in [0.25, 0.3) is 0 Å². The highest BCUT2D eigenvalue weighted by Gasteiger charge is 2.13. The van der Waals surface area contributed by atoms with E-state index in [-0.39, 0.29) is 10.8 Å². The average molecular weight is 281 g/mol. The summed E-state index contributed by atoms with van der Waals surface area (Å²) in [6.45, 7) is 0.429. The molecule has 1 aliphatic rings. The Morgan fingerprint density at radius 3 is 2.53 bits per heavy atom. The van der Waals surface area contributed by atoms with Gasteiger partial charge in [-0.15, -0.1) is 0 Å². The topological polar surface area (TPSA) is 35.2 Å². The monoisotopic (exact) mass is 281 g/mol. The number of nitrogens with two attached hydrogens (primary N) is 1. The summed E-state index contributed by atoms with van der Waals surface area (Å²) in [5.41, 5.74) is 6.90. The van der Waals surface area contributed by atoms with Gasteiger partial charge in [-0.3, -0.25) is 0 Å². The molecule has 104 valence electrons. The van der Waals surface area contributed by atoms with E-state index in [0.717, 1.165) is 18.4 Å². The summed E-state index contributed by atoms with van der Waals surface area (Å²) in [4.78, 5) is 0.218. The van der Waals surface area contributed by atoms with Gasteiger partial charge in [-0.25, -0.2) is 4.39 Å². The van der Waals surface area contributed by atoms with Gasteiger partial charge in [0.1, 0.15) is 10.8 Å². The van der Waals surface area contributed by atoms with Gasteiger partial charge in [-0.1, -0.05) is 37.9 Å². The van der Waals surface area contributed by atoms with Crippen LogP contribution in [0.2, 0.25) is 0 Å². The predicted octanol–water partition coefficient (Wildman–Crippen LogP) is 3.70. The van der Waals surface area contributed by atoms with Crippen molar-refractivity contribution in [2.75, 3.05) is 0 Å². The zero-order valence-corrected chi connectivity index (χ0v) is 11.8. The molecule has 0 aromatic heterocycles.